The number of aromatic nitrogens is 3. The van der Waals surface area contributed by atoms with Crippen LogP contribution < -0.4 is 0 Å². The number of rotatable bonds is 2. The number of carbonyl (C=O) groups is 1. The van der Waals surface area contributed by atoms with Gasteiger partial charge in [0.25, 0.3) is 0 Å². The van der Waals surface area contributed by atoms with Crippen LogP contribution in [0.25, 0.3) is 21.9 Å². The van der Waals surface area contributed by atoms with Crippen molar-refractivity contribution in [3.8, 4) is 0 Å². The van der Waals surface area contributed by atoms with Gasteiger partial charge in [-0.25, -0.2) is 9.78 Å². The highest BCUT2D eigenvalue weighted by Crippen LogP contribution is 2.34. The second kappa shape index (κ2) is 7.30. The molecule has 0 aliphatic carbocycles. The Morgan fingerprint density at radius 3 is 2.55 bits per heavy atom. The van der Waals surface area contributed by atoms with Gasteiger partial charge in [0.2, 0.25) is 0 Å². The van der Waals surface area contributed by atoms with Crippen LogP contribution >= 0.6 is 0 Å². The van der Waals surface area contributed by atoms with Crippen molar-refractivity contribution < 1.29 is 14.6 Å². The SMILES string of the molecule is CC(O)c1nc2cnc3ccccc3c2n1C1CCN(C(=O)OC(C)(C)C)CC1. The first kappa shape index (κ1) is 19.6. The van der Waals surface area contributed by atoms with Gasteiger partial charge in [-0.2, -0.15) is 0 Å². The van der Waals surface area contributed by atoms with Crippen LogP contribution in [0, 0.1) is 0 Å². The van der Waals surface area contributed by atoms with Gasteiger partial charge in [-0.05, 0) is 46.6 Å². The van der Waals surface area contributed by atoms with Gasteiger partial charge in [0, 0.05) is 24.5 Å². The molecule has 2 aromatic heterocycles. The fourth-order valence-corrected chi connectivity index (χ4v) is 4.04. The van der Waals surface area contributed by atoms with Crippen molar-refractivity contribution in [2.45, 2.75) is 58.3 Å². The summed E-state index contributed by atoms with van der Waals surface area (Å²) in [5, 5.41) is 11.4. The molecule has 1 amide bonds. The highest BCUT2D eigenvalue weighted by Gasteiger charge is 2.30. The van der Waals surface area contributed by atoms with Gasteiger partial charge in [-0.3, -0.25) is 4.98 Å². The number of fused-ring (bicyclic) bond motifs is 3. The van der Waals surface area contributed by atoms with Gasteiger partial charge in [-0.1, -0.05) is 18.2 Å². The van der Waals surface area contributed by atoms with Crippen LogP contribution in [0.3, 0.4) is 0 Å². The molecule has 1 aliphatic rings. The molecule has 0 bridgehead atoms. The number of carbonyl (C=O) groups excluding carboxylic acids is 1. The van der Waals surface area contributed by atoms with Crippen molar-refractivity contribution in [1.29, 1.82) is 0 Å². The summed E-state index contributed by atoms with van der Waals surface area (Å²) in [6, 6.07) is 8.14. The van der Waals surface area contributed by atoms with E-state index in [1.54, 1.807) is 18.0 Å². The monoisotopic (exact) mass is 396 g/mol. The van der Waals surface area contributed by atoms with E-state index in [2.05, 4.69) is 14.5 Å². The van der Waals surface area contributed by atoms with Crippen molar-refractivity contribution in [1.82, 2.24) is 19.4 Å². The summed E-state index contributed by atoms with van der Waals surface area (Å²) in [7, 11) is 0. The molecule has 4 rings (SSSR count). The smallest absolute Gasteiger partial charge is 0.410 e. The summed E-state index contributed by atoms with van der Waals surface area (Å²) in [4.78, 5) is 23.4. The summed E-state index contributed by atoms with van der Waals surface area (Å²) >= 11 is 0. The Kier molecular flexibility index (Phi) is 4.94. The molecule has 154 valence electrons. The molecule has 0 spiro atoms. The molecule has 1 atom stereocenters. The van der Waals surface area contributed by atoms with Crippen molar-refractivity contribution in [3.05, 3.63) is 36.3 Å². The molecule has 1 N–H and O–H groups in total. The molecule has 3 aromatic rings. The number of pyridine rings is 1. The Balaban J connectivity index is 1.68. The number of piperidine rings is 1. The van der Waals surface area contributed by atoms with Gasteiger partial charge < -0.3 is 19.3 Å². The zero-order valence-electron chi connectivity index (χ0n) is 17.4. The van der Waals surface area contributed by atoms with E-state index in [-0.39, 0.29) is 12.1 Å². The van der Waals surface area contributed by atoms with E-state index in [1.165, 1.54) is 0 Å². The Hall–Kier alpha value is -2.67. The number of amides is 1. The molecule has 0 saturated carbocycles. The van der Waals surface area contributed by atoms with E-state index in [0.717, 1.165) is 34.8 Å². The van der Waals surface area contributed by atoms with Crippen molar-refractivity contribution in [2.24, 2.45) is 0 Å². The Morgan fingerprint density at radius 1 is 1.21 bits per heavy atom. The minimum absolute atomic E-state index is 0.147. The summed E-state index contributed by atoms with van der Waals surface area (Å²) in [5.41, 5.74) is 2.20. The van der Waals surface area contributed by atoms with E-state index < -0.39 is 11.7 Å². The lowest BCUT2D eigenvalue weighted by Gasteiger charge is -2.35. The number of hydrogen-bond donors (Lipinski definition) is 1. The lowest BCUT2D eigenvalue weighted by atomic mass is 10.0. The zero-order valence-corrected chi connectivity index (χ0v) is 17.4. The van der Waals surface area contributed by atoms with Gasteiger partial charge in [0.15, 0.2) is 0 Å². The van der Waals surface area contributed by atoms with E-state index in [0.29, 0.717) is 18.9 Å². The molecule has 1 aromatic carbocycles. The minimum Gasteiger partial charge on any atom is -0.444 e. The minimum atomic E-state index is -0.690. The van der Waals surface area contributed by atoms with Gasteiger partial charge in [0.1, 0.15) is 23.0 Å². The third-order valence-corrected chi connectivity index (χ3v) is 5.31. The summed E-state index contributed by atoms with van der Waals surface area (Å²) in [6.07, 6.45) is 2.37. The van der Waals surface area contributed by atoms with Gasteiger partial charge in [0.05, 0.1) is 17.2 Å². The largest absolute Gasteiger partial charge is 0.444 e. The van der Waals surface area contributed by atoms with Crippen LogP contribution in [-0.4, -0.2) is 49.3 Å². The Morgan fingerprint density at radius 2 is 1.90 bits per heavy atom. The fourth-order valence-electron chi connectivity index (χ4n) is 4.04. The maximum Gasteiger partial charge on any atom is 0.410 e. The number of imidazole rings is 1. The first-order chi connectivity index (χ1) is 13.7. The molecular formula is C22H28N4O3. The van der Waals surface area contributed by atoms with Crippen LogP contribution in [0.4, 0.5) is 4.79 Å². The van der Waals surface area contributed by atoms with Crippen LogP contribution in [0.5, 0.6) is 0 Å². The van der Waals surface area contributed by atoms with Gasteiger partial charge in [-0.15, -0.1) is 0 Å². The quantitative estimate of drug-likeness (QED) is 0.702. The summed E-state index contributed by atoms with van der Waals surface area (Å²) in [6.45, 7) is 8.60. The first-order valence-electron chi connectivity index (χ1n) is 10.2. The second-order valence-electron chi connectivity index (χ2n) is 8.72. The number of para-hydroxylation sites is 1. The maximum atomic E-state index is 12.4. The van der Waals surface area contributed by atoms with E-state index in [4.69, 9.17) is 4.74 Å². The topological polar surface area (TPSA) is 80.5 Å². The summed E-state index contributed by atoms with van der Waals surface area (Å²) < 4.78 is 7.68. The number of nitrogens with zero attached hydrogens (tertiary/aromatic N) is 4. The molecule has 1 fully saturated rings. The number of aliphatic hydroxyl groups is 1. The average Bonchev–Trinajstić information content (AvgIpc) is 3.07. The number of hydrogen-bond acceptors (Lipinski definition) is 5. The molecule has 7 nitrogen and oxygen atoms in total. The predicted octanol–water partition coefficient (Wildman–Crippen LogP) is 4.21. The molecule has 7 heteroatoms. The molecule has 0 radical (unpaired) electrons. The lowest BCUT2D eigenvalue weighted by Crippen LogP contribution is -2.42. The lowest BCUT2D eigenvalue weighted by molar-refractivity contribution is 0.0186. The zero-order chi connectivity index (χ0) is 20.8. The van der Waals surface area contributed by atoms with Gasteiger partial charge >= 0.3 is 6.09 Å². The normalized spacial score (nSPS) is 17.1. The predicted molar refractivity (Wildman–Crippen MR) is 112 cm³/mol. The third kappa shape index (κ3) is 3.79. The number of aliphatic hydroxyl groups excluding tert-OH is 1. The summed E-state index contributed by atoms with van der Waals surface area (Å²) in [5.74, 6) is 0.647. The first-order valence-corrected chi connectivity index (χ1v) is 10.2. The molecule has 1 aliphatic heterocycles. The number of likely N-dealkylation sites (tertiary alicyclic amines) is 1. The van der Waals surface area contributed by atoms with Crippen LogP contribution in [0.1, 0.15) is 58.5 Å². The Bertz CT molecular complexity index is 1040. The molecule has 3 heterocycles. The maximum absolute atomic E-state index is 12.4. The fraction of sp³-hybridized carbons (Fsp3) is 0.500. The second-order valence-corrected chi connectivity index (χ2v) is 8.72. The molecule has 1 unspecified atom stereocenters. The van der Waals surface area contributed by atoms with Crippen LogP contribution in [-0.2, 0) is 4.74 Å². The molecule has 1 saturated heterocycles. The Labute approximate surface area is 170 Å². The van der Waals surface area contributed by atoms with E-state index >= 15 is 0 Å². The van der Waals surface area contributed by atoms with E-state index in [9.17, 15) is 9.90 Å². The van der Waals surface area contributed by atoms with E-state index in [1.807, 2.05) is 45.0 Å². The standard InChI is InChI=1S/C22H28N4O3/c1-14(27)20-24-18-13-23-17-8-6-5-7-16(17)19(18)26(20)15-9-11-25(12-10-15)21(28)29-22(2,3)4/h5-8,13-15,27H,9-12H2,1-4H3. The number of ether oxygens (including phenoxy) is 1. The van der Waals surface area contributed by atoms with Crippen molar-refractivity contribution >= 4 is 28.0 Å². The highest BCUT2D eigenvalue weighted by molar-refractivity contribution is 6.02. The third-order valence-electron chi connectivity index (χ3n) is 5.31. The average molecular weight is 396 g/mol. The van der Waals surface area contributed by atoms with Crippen molar-refractivity contribution in [2.75, 3.05) is 13.1 Å². The highest BCUT2D eigenvalue weighted by atomic mass is 16.6. The van der Waals surface area contributed by atoms with Crippen molar-refractivity contribution in [3.63, 3.8) is 0 Å². The van der Waals surface area contributed by atoms with Crippen LogP contribution in [0.15, 0.2) is 30.5 Å². The molecule has 29 heavy (non-hydrogen) atoms. The number of benzene rings is 1. The van der Waals surface area contributed by atoms with Crippen LogP contribution in [0.2, 0.25) is 0 Å². The molecular weight excluding hydrogens is 368 g/mol.